The van der Waals surface area contributed by atoms with Gasteiger partial charge in [-0.15, -0.1) is 0 Å². The number of hydrogen-bond donors (Lipinski definition) is 0. The third-order valence-corrected chi connectivity index (χ3v) is 11.4. The van der Waals surface area contributed by atoms with Crippen molar-refractivity contribution in [2.75, 3.05) is 0 Å². The van der Waals surface area contributed by atoms with Gasteiger partial charge in [0.05, 0.1) is 0 Å². The standard InChI is InChI=1S/C30H49IO2/c1-19(2)8-7-9-20(3)25-12-13-26-24-11-10-22-18-23(33-28(32)21(4)31)14-16-29(22,5)27(24)15-17-30(25,26)6/h10,19-21,23-27H,7-9,11-18H2,1-6H3/t20-,21-,23+,24-,25+,26-,27-,29+,30-/m1/s1. The molecule has 2 nitrogen and oxygen atoms in total. The minimum atomic E-state index is -0.0558. The number of hydrogen-bond acceptors (Lipinski definition) is 2. The van der Waals surface area contributed by atoms with Crippen LogP contribution >= 0.6 is 22.6 Å². The molecule has 4 aliphatic rings. The van der Waals surface area contributed by atoms with E-state index in [9.17, 15) is 4.79 Å². The smallest absolute Gasteiger partial charge is 0.318 e. The first-order valence-electron chi connectivity index (χ1n) is 14.1. The third-order valence-electron chi connectivity index (χ3n) is 10.9. The third kappa shape index (κ3) is 4.96. The van der Waals surface area contributed by atoms with Crippen LogP contribution in [0.1, 0.15) is 112 Å². The molecular weight excluding hydrogens is 519 g/mol. The predicted octanol–water partition coefficient (Wildman–Crippen LogP) is 8.76. The molecule has 0 aromatic rings. The molecule has 0 aromatic carbocycles. The predicted molar refractivity (Wildman–Crippen MR) is 146 cm³/mol. The van der Waals surface area contributed by atoms with Gasteiger partial charge in [0.15, 0.2) is 0 Å². The molecule has 0 aliphatic heterocycles. The van der Waals surface area contributed by atoms with Crippen LogP contribution in [-0.4, -0.2) is 16.0 Å². The van der Waals surface area contributed by atoms with Crippen LogP contribution in [0.4, 0.5) is 0 Å². The van der Waals surface area contributed by atoms with Crippen LogP contribution in [0.5, 0.6) is 0 Å². The lowest BCUT2D eigenvalue weighted by molar-refractivity contribution is -0.150. The van der Waals surface area contributed by atoms with Crippen molar-refractivity contribution >= 4 is 28.6 Å². The molecule has 0 N–H and O–H groups in total. The van der Waals surface area contributed by atoms with Crippen molar-refractivity contribution in [3.05, 3.63) is 11.6 Å². The lowest BCUT2D eigenvalue weighted by Crippen LogP contribution is -2.51. The number of esters is 1. The van der Waals surface area contributed by atoms with Gasteiger partial charge in [-0.25, -0.2) is 0 Å². The number of alkyl halides is 1. The zero-order chi connectivity index (χ0) is 24.0. The monoisotopic (exact) mass is 568 g/mol. The van der Waals surface area contributed by atoms with Crippen LogP contribution in [0.15, 0.2) is 11.6 Å². The molecule has 0 saturated heterocycles. The second-order valence-electron chi connectivity index (χ2n) is 13.2. The van der Waals surface area contributed by atoms with Gasteiger partial charge in [0.1, 0.15) is 10.0 Å². The van der Waals surface area contributed by atoms with E-state index in [1.54, 1.807) is 5.57 Å². The van der Waals surface area contributed by atoms with Crippen molar-refractivity contribution in [2.24, 2.45) is 46.3 Å². The van der Waals surface area contributed by atoms with Gasteiger partial charge in [0, 0.05) is 6.42 Å². The van der Waals surface area contributed by atoms with Crippen LogP contribution in [0.25, 0.3) is 0 Å². The van der Waals surface area contributed by atoms with Gasteiger partial charge in [-0.1, -0.05) is 88.1 Å². The highest BCUT2D eigenvalue weighted by Gasteiger charge is 2.59. The first kappa shape index (κ1) is 26.0. The topological polar surface area (TPSA) is 26.3 Å². The summed E-state index contributed by atoms with van der Waals surface area (Å²) in [5.74, 6) is 5.24. The molecular formula is C30H49IO2. The molecule has 33 heavy (non-hydrogen) atoms. The fraction of sp³-hybridized carbons (Fsp3) is 0.900. The summed E-state index contributed by atoms with van der Waals surface area (Å²) < 4.78 is 5.81. The highest BCUT2D eigenvalue weighted by molar-refractivity contribution is 14.1. The second-order valence-corrected chi connectivity index (χ2v) is 15.1. The summed E-state index contributed by atoms with van der Waals surface area (Å²) >= 11 is 2.17. The van der Waals surface area contributed by atoms with Gasteiger partial charge in [0.25, 0.3) is 0 Å². The van der Waals surface area contributed by atoms with E-state index in [2.05, 4.69) is 63.3 Å². The maximum Gasteiger partial charge on any atom is 0.318 e. The van der Waals surface area contributed by atoms with E-state index in [0.717, 1.165) is 48.3 Å². The number of rotatable bonds is 7. The van der Waals surface area contributed by atoms with E-state index in [4.69, 9.17) is 4.74 Å². The quantitative estimate of drug-likeness (QED) is 0.133. The molecule has 9 atom stereocenters. The first-order valence-corrected chi connectivity index (χ1v) is 15.3. The Bertz CT molecular complexity index is 742. The first-order chi connectivity index (χ1) is 15.6. The molecule has 0 spiro atoms. The maximum atomic E-state index is 12.2. The van der Waals surface area contributed by atoms with Gasteiger partial charge >= 0.3 is 5.97 Å². The van der Waals surface area contributed by atoms with Crippen molar-refractivity contribution in [3.8, 4) is 0 Å². The van der Waals surface area contributed by atoms with E-state index in [1.165, 1.54) is 57.8 Å². The molecule has 0 amide bonds. The van der Waals surface area contributed by atoms with Crippen molar-refractivity contribution in [1.29, 1.82) is 0 Å². The SMILES string of the molecule is CC(C)CCC[C@@H](C)[C@@H]1CC[C@@H]2[C@H]3CC=C4C[C@@H](OC(=O)[C@@H](C)I)CC[C@]4(C)[C@@H]3CC[C@@]21C. The van der Waals surface area contributed by atoms with Crippen LogP contribution in [0.2, 0.25) is 0 Å². The van der Waals surface area contributed by atoms with Crippen molar-refractivity contribution < 1.29 is 9.53 Å². The van der Waals surface area contributed by atoms with Gasteiger partial charge in [-0.05, 0) is 98.2 Å². The van der Waals surface area contributed by atoms with E-state index >= 15 is 0 Å². The Morgan fingerprint density at radius 1 is 1.06 bits per heavy atom. The minimum absolute atomic E-state index is 0.0357. The minimum Gasteiger partial charge on any atom is -0.461 e. The van der Waals surface area contributed by atoms with E-state index in [0.29, 0.717) is 10.8 Å². The summed E-state index contributed by atoms with van der Waals surface area (Å²) in [6.45, 7) is 14.5. The van der Waals surface area contributed by atoms with Crippen molar-refractivity contribution in [2.45, 2.75) is 122 Å². The van der Waals surface area contributed by atoms with Gasteiger partial charge in [-0.3, -0.25) is 4.79 Å². The second kappa shape index (κ2) is 10.1. The highest BCUT2D eigenvalue weighted by Crippen LogP contribution is 2.67. The molecule has 0 radical (unpaired) electrons. The molecule has 4 aliphatic carbocycles. The summed E-state index contributed by atoms with van der Waals surface area (Å²) in [5.41, 5.74) is 2.52. The Hall–Kier alpha value is -0.0600. The molecule has 3 heteroatoms. The zero-order valence-electron chi connectivity index (χ0n) is 22.2. The fourth-order valence-electron chi connectivity index (χ4n) is 9.01. The van der Waals surface area contributed by atoms with E-state index in [-0.39, 0.29) is 16.0 Å². The molecule has 0 unspecified atom stereocenters. The number of ether oxygens (including phenoxy) is 1. The van der Waals surface area contributed by atoms with Crippen molar-refractivity contribution in [3.63, 3.8) is 0 Å². The number of carbonyl (C=O) groups excluding carboxylic acids is 1. The Kier molecular flexibility index (Phi) is 7.99. The van der Waals surface area contributed by atoms with Crippen LogP contribution < -0.4 is 0 Å². The molecule has 3 saturated carbocycles. The molecule has 0 heterocycles. The Labute approximate surface area is 217 Å². The Morgan fingerprint density at radius 2 is 1.82 bits per heavy atom. The summed E-state index contributed by atoms with van der Waals surface area (Å²) in [6.07, 6.45) is 17.2. The summed E-state index contributed by atoms with van der Waals surface area (Å²) in [6, 6.07) is 0. The Balaban J connectivity index is 1.45. The van der Waals surface area contributed by atoms with E-state index in [1.807, 2.05) is 6.92 Å². The average molecular weight is 569 g/mol. The molecule has 0 aromatic heterocycles. The fourth-order valence-corrected chi connectivity index (χ4v) is 9.16. The number of halogens is 1. The van der Waals surface area contributed by atoms with Crippen LogP contribution in [0, 0.1) is 46.3 Å². The van der Waals surface area contributed by atoms with Gasteiger partial charge in [0.2, 0.25) is 0 Å². The van der Waals surface area contributed by atoms with Gasteiger partial charge in [-0.2, -0.15) is 0 Å². The highest BCUT2D eigenvalue weighted by atomic mass is 127. The summed E-state index contributed by atoms with van der Waals surface area (Å²) in [5, 5.41) is 0. The molecule has 188 valence electrons. The average Bonchev–Trinajstić information content (AvgIpc) is 3.11. The molecule has 0 bridgehead atoms. The number of carbonyl (C=O) groups is 1. The summed E-state index contributed by atoms with van der Waals surface area (Å²) in [4.78, 5) is 12.2. The largest absolute Gasteiger partial charge is 0.461 e. The van der Waals surface area contributed by atoms with Crippen molar-refractivity contribution in [1.82, 2.24) is 0 Å². The van der Waals surface area contributed by atoms with E-state index < -0.39 is 0 Å². The van der Waals surface area contributed by atoms with Crippen LogP contribution in [0.3, 0.4) is 0 Å². The van der Waals surface area contributed by atoms with Gasteiger partial charge < -0.3 is 4.74 Å². The number of allylic oxidation sites excluding steroid dienone is 1. The lowest BCUT2D eigenvalue weighted by Gasteiger charge is -2.58. The Morgan fingerprint density at radius 3 is 2.52 bits per heavy atom. The van der Waals surface area contributed by atoms with Crippen LogP contribution in [-0.2, 0) is 9.53 Å². The normalized spacial score (nSPS) is 42.1. The molecule has 3 fully saturated rings. The number of fused-ring (bicyclic) bond motifs is 5. The zero-order valence-corrected chi connectivity index (χ0v) is 24.3. The lowest BCUT2D eigenvalue weighted by atomic mass is 9.47. The maximum absolute atomic E-state index is 12.2. The molecule has 4 rings (SSSR count). The summed E-state index contributed by atoms with van der Waals surface area (Å²) in [7, 11) is 0.